The number of aryl methyl sites for hydroxylation is 2. The summed E-state index contributed by atoms with van der Waals surface area (Å²) in [6, 6.07) is 14.7. The van der Waals surface area contributed by atoms with E-state index in [9.17, 15) is 22.8 Å². The van der Waals surface area contributed by atoms with Gasteiger partial charge in [-0.1, -0.05) is 37.6 Å². The first kappa shape index (κ1) is 32.1. The molecule has 0 unspecified atom stereocenters. The van der Waals surface area contributed by atoms with Crippen LogP contribution in [-0.4, -0.2) is 36.6 Å². The predicted octanol–water partition coefficient (Wildman–Crippen LogP) is 8.64. The zero-order valence-electron chi connectivity index (χ0n) is 26.5. The van der Waals surface area contributed by atoms with E-state index in [-0.39, 0.29) is 12.0 Å². The summed E-state index contributed by atoms with van der Waals surface area (Å²) < 4.78 is 52.3. The van der Waals surface area contributed by atoms with Crippen molar-refractivity contribution in [2.45, 2.75) is 72.2 Å². The number of hydrogen-bond acceptors (Lipinski definition) is 4. The van der Waals surface area contributed by atoms with Crippen molar-refractivity contribution in [1.82, 2.24) is 4.90 Å². The third-order valence-electron chi connectivity index (χ3n) is 9.03. The molecule has 6 nitrogen and oxygen atoms in total. The molecule has 1 saturated heterocycles. The fraction of sp³-hybridized carbons (Fsp3) is 0.389. The third-order valence-corrected chi connectivity index (χ3v) is 9.03. The van der Waals surface area contributed by atoms with Gasteiger partial charge in [0.2, 0.25) is 5.91 Å². The molecule has 1 heterocycles. The molecule has 3 aromatic carbocycles. The van der Waals surface area contributed by atoms with Crippen molar-refractivity contribution < 1.29 is 32.2 Å². The number of methoxy groups -OCH3 is 1. The predicted molar refractivity (Wildman–Crippen MR) is 168 cm³/mol. The van der Waals surface area contributed by atoms with Crippen LogP contribution in [0.15, 0.2) is 60.2 Å². The summed E-state index contributed by atoms with van der Waals surface area (Å²) in [6.45, 7) is 10.0. The number of nitrogens with two attached hydrogens (primary N) is 1. The molecular weight excluding hydrogens is 581 g/mol. The van der Waals surface area contributed by atoms with E-state index >= 15 is 0 Å². The number of nitrogens with zero attached hydrogens (tertiary/aromatic N) is 1. The quantitative estimate of drug-likeness (QED) is 0.287. The van der Waals surface area contributed by atoms with E-state index in [1.807, 2.05) is 32.0 Å². The molecule has 0 bridgehead atoms. The van der Waals surface area contributed by atoms with Gasteiger partial charge in [-0.15, -0.1) is 0 Å². The number of primary amides is 1. The van der Waals surface area contributed by atoms with Crippen LogP contribution < -0.4 is 10.5 Å². The summed E-state index contributed by atoms with van der Waals surface area (Å²) in [5.74, 6) is 0.214. The fourth-order valence-corrected chi connectivity index (χ4v) is 6.65. The van der Waals surface area contributed by atoms with Crippen LogP contribution in [0.3, 0.4) is 0 Å². The summed E-state index contributed by atoms with van der Waals surface area (Å²) in [5.41, 5.74) is 11.8. The van der Waals surface area contributed by atoms with Crippen LogP contribution in [0.25, 0.3) is 16.7 Å². The van der Waals surface area contributed by atoms with Crippen molar-refractivity contribution in [2.24, 2.45) is 11.1 Å². The molecule has 1 fully saturated rings. The first-order valence-corrected chi connectivity index (χ1v) is 15.0. The number of hydrogen-bond donors (Lipinski definition) is 1. The zero-order valence-corrected chi connectivity index (χ0v) is 26.5. The van der Waals surface area contributed by atoms with Crippen LogP contribution in [0.1, 0.15) is 84.3 Å². The van der Waals surface area contributed by atoms with Gasteiger partial charge in [0, 0.05) is 17.7 Å². The Morgan fingerprint density at radius 3 is 2.44 bits per heavy atom. The Labute approximate surface area is 262 Å². The maximum Gasteiger partial charge on any atom is 0.416 e. The largest absolute Gasteiger partial charge is 0.496 e. The van der Waals surface area contributed by atoms with E-state index in [1.165, 1.54) is 0 Å². The number of amides is 2. The maximum absolute atomic E-state index is 13.6. The van der Waals surface area contributed by atoms with Gasteiger partial charge in [0.15, 0.2) is 0 Å². The van der Waals surface area contributed by atoms with Crippen molar-refractivity contribution in [3.63, 3.8) is 0 Å². The van der Waals surface area contributed by atoms with Crippen LogP contribution in [-0.2, 0) is 10.9 Å². The molecule has 9 heteroatoms. The van der Waals surface area contributed by atoms with Gasteiger partial charge >= 0.3 is 12.3 Å². The standard InChI is InChI=1S/C36H39F3N2O4/c1-20-13-25(16-27(14-20)36(37,38)39)32-22(3)41(34(43)45-32)19-26-18-35(4,5)12-11-29(26)30-17-23(8-10-31(30)44-6)28-9-7-24(33(40)42)15-21(28)2/h7-10,13-17,22,32H,11-12,18-19H2,1-6H3,(H2,40,42)/t22-,32-/m0/s1. The lowest BCUT2D eigenvalue weighted by Gasteiger charge is -2.36. The molecule has 3 aromatic rings. The number of cyclic esters (lactones) is 1. The number of benzene rings is 3. The minimum atomic E-state index is -4.50. The molecule has 1 aliphatic heterocycles. The molecular formula is C36H39F3N2O4. The third kappa shape index (κ3) is 6.58. The number of rotatable bonds is 7. The summed E-state index contributed by atoms with van der Waals surface area (Å²) >= 11 is 0. The lowest BCUT2D eigenvalue weighted by molar-refractivity contribution is -0.137. The highest BCUT2D eigenvalue weighted by molar-refractivity contribution is 5.94. The van der Waals surface area contributed by atoms with Crippen LogP contribution in [0.5, 0.6) is 5.75 Å². The molecule has 238 valence electrons. The first-order chi connectivity index (χ1) is 21.1. The second kappa shape index (κ2) is 11.9. The maximum atomic E-state index is 13.6. The van der Waals surface area contributed by atoms with Crippen molar-refractivity contribution in [3.8, 4) is 16.9 Å². The number of allylic oxidation sites excluding steroid dienone is 1. The molecule has 0 aromatic heterocycles. The Kier molecular flexibility index (Phi) is 8.51. The highest BCUT2D eigenvalue weighted by atomic mass is 19.4. The number of ether oxygens (including phenoxy) is 2. The molecule has 1 aliphatic carbocycles. The van der Waals surface area contributed by atoms with E-state index in [0.29, 0.717) is 22.4 Å². The van der Waals surface area contributed by atoms with Gasteiger partial charge in [0.05, 0.1) is 18.7 Å². The topological polar surface area (TPSA) is 81.9 Å². The van der Waals surface area contributed by atoms with Gasteiger partial charge in [0.1, 0.15) is 11.9 Å². The van der Waals surface area contributed by atoms with Crippen LogP contribution in [0, 0.1) is 19.3 Å². The Balaban J connectivity index is 1.54. The van der Waals surface area contributed by atoms with Crippen LogP contribution in [0.2, 0.25) is 0 Å². The molecule has 0 spiro atoms. The number of halogens is 3. The van der Waals surface area contributed by atoms with Crippen LogP contribution in [0.4, 0.5) is 18.0 Å². The monoisotopic (exact) mass is 620 g/mol. The molecule has 0 saturated carbocycles. The highest BCUT2D eigenvalue weighted by Gasteiger charge is 2.42. The molecule has 5 rings (SSSR count). The zero-order chi connectivity index (χ0) is 32.8. The molecule has 2 atom stereocenters. The summed E-state index contributed by atoms with van der Waals surface area (Å²) in [5, 5.41) is 0. The first-order valence-electron chi connectivity index (χ1n) is 15.0. The van der Waals surface area contributed by atoms with Gasteiger partial charge in [-0.2, -0.15) is 13.2 Å². The lowest BCUT2D eigenvalue weighted by Crippen LogP contribution is -2.35. The van der Waals surface area contributed by atoms with Gasteiger partial charge in [-0.25, -0.2) is 4.79 Å². The summed E-state index contributed by atoms with van der Waals surface area (Å²) in [6.07, 6.45) is -3.47. The Morgan fingerprint density at radius 1 is 1.07 bits per heavy atom. The number of alkyl halides is 3. The van der Waals surface area contributed by atoms with Gasteiger partial charge in [-0.05, 0) is 115 Å². The summed E-state index contributed by atoms with van der Waals surface area (Å²) in [4.78, 5) is 26.6. The van der Waals surface area contributed by atoms with Crippen molar-refractivity contribution in [3.05, 3.63) is 93.6 Å². The van der Waals surface area contributed by atoms with E-state index in [4.69, 9.17) is 15.2 Å². The second-order valence-electron chi connectivity index (χ2n) is 13.0. The molecule has 0 radical (unpaired) electrons. The van der Waals surface area contributed by atoms with E-state index in [1.54, 1.807) is 37.1 Å². The molecule has 2 amide bonds. The van der Waals surface area contributed by atoms with Crippen molar-refractivity contribution in [2.75, 3.05) is 13.7 Å². The van der Waals surface area contributed by atoms with Gasteiger partial charge in [-0.3, -0.25) is 9.69 Å². The van der Waals surface area contributed by atoms with Crippen LogP contribution >= 0.6 is 0 Å². The fourth-order valence-electron chi connectivity index (χ4n) is 6.65. The van der Waals surface area contributed by atoms with E-state index in [2.05, 4.69) is 19.9 Å². The molecule has 2 aliphatic rings. The number of carbonyl (C=O) groups excluding carboxylic acids is 2. The van der Waals surface area contributed by atoms with Crippen molar-refractivity contribution >= 4 is 17.6 Å². The van der Waals surface area contributed by atoms with Crippen molar-refractivity contribution in [1.29, 1.82) is 0 Å². The van der Waals surface area contributed by atoms with Gasteiger partial charge < -0.3 is 15.2 Å². The lowest BCUT2D eigenvalue weighted by atomic mass is 9.72. The highest BCUT2D eigenvalue weighted by Crippen LogP contribution is 2.47. The minimum Gasteiger partial charge on any atom is -0.496 e. The van der Waals surface area contributed by atoms with E-state index < -0.39 is 35.9 Å². The molecule has 45 heavy (non-hydrogen) atoms. The molecule has 2 N–H and O–H groups in total. The number of carbonyl (C=O) groups is 2. The SMILES string of the molecule is COc1ccc(-c2ccc(C(N)=O)cc2C)cc1C1=C(CN2C(=O)O[C@H](c3cc(C)cc(C(F)(F)F)c3)[C@@H]2C)CC(C)(C)CC1. The Bertz CT molecular complexity index is 1690. The average molecular weight is 621 g/mol. The second-order valence-corrected chi connectivity index (χ2v) is 13.0. The Morgan fingerprint density at radius 2 is 1.80 bits per heavy atom. The smallest absolute Gasteiger partial charge is 0.416 e. The Hall–Kier alpha value is -4.27. The normalized spacial score (nSPS) is 19.9. The average Bonchev–Trinajstić information content (AvgIpc) is 3.24. The van der Waals surface area contributed by atoms with Gasteiger partial charge in [0.25, 0.3) is 0 Å². The minimum absolute atomic E-state index is 0.0186. The van der Waals surface area contributed by atoms with E-state index in [0.717, 1.165) is 64.8 Å². The summed E-state index contributed by atoms with van der Waals surface area (Å²) in [7, 11) is 1.62.